The van der Waals surface area contributed by atoms with Gasteiger partial charge in [0, 0.05) is 29.7 Å². The summed E-state index contributed by atoms with van der Waals surface area (Å²) < 4.78 is 5.92. The van der Waals surface area contributed by atoms with Crippen molar-refractivity contribution in [1.82, 2.24) is 15.6 Å². The van der Waals surface area contributed by atoms with E-state index in [1.807, 2.05) is 58.0 Å². The summed E-state index contributed by atoms with van der Waals surface area (Å²) in [6, 6.07) is 8.05. The van der Waals surface area contributed by atoms with Crippen LogP contribution in [0.1, 0.15) is 74.6 Å². The Labute approximate surface area is 222 Å². The molecule has 0 saturated heterocycles. The van der Waals surface area contributed by atoms with Gasteiger partial charge in [-0.2, -0.15) is 0 Å². The van der Waals surface area contributed by atoms with Crippen molar-refractivity contribution in [3.8, 4) is 0 Å². The third kappa shape index (κ3) is 7.72. The number of nitrogens with zero attached hydrogens (tertiary/aromatic N) is 1. The highest BCUT2D eigenvalue weighted by Gasteiger charge is 2.31. The maximum absolute atomic E-state index is 13.4. The average Bonchev–Trinajstić information content (AvgIpc) is 3.35. The number of benzene rings is 1. The molecule has 0 unspecified atom stereocenters. The molecular formula is C28H37N3O5S. The largest absolute Gasteiger partial charge is 0.460 e. The first-order chi connectivity index (χ1) is 17.6. The minimum Gasteiger partial charge on any atom is -0.460 e. The van der Waals surface area contributed by atoms with Crippen molar-refractivity contribution >= 4 is 29.1 Å². The lowest BCUT2D eigenvalue weighted by molar-refractivity contribution is -0.154. The Kier molecular flexibility index (Phi) is 10.00. The number of carbonyl (C=O) groups is 3. The van der Waals surface area contributed by atoms with Crippen molar-refractivity contribution in [3.05, 3.63) is 63.6 Å². The quantitative estimate of drug-likeness (QED) is 0.490. The lowest BCUT2D eigenvalue weighted by Gasteiger charge is -2.27. The molecule has 0 spiro atoms. The fourth-order valence-corrected chi connectivity index (χ4v) is 5.21. The molecule has 9 heteroatoms. The van der Waals surface area contributed by atoms with Gasteiger partial charge in [-0.3, -0.25) is 9.59 Å². The molecule has 0 saturated carbocycles. The van der Waals surface area contributed by atoms with E-state index in [-0.39, 0.29) is 42.3 Å². The van der Waals surface area contributed by atoms with Gasteiger partial charge in [0.25, 0.3) is 5.91 Å². The molecule has 0 fully saturated rings. The van der Waals surface area contributed by atoms with E-state index in [0.717, 1.165) is 5.56 Å². The molecule has 2 amide bonds. The topological polar surface area (TPSA) is 118 Å². The molecule has 2 bridgehead atoms. The van der Waals surface area contributed by atoms with Gasteiger partial charge < -0.3 is 20.5 Å². The van der Waals surface area contributed by atoms with Crippen LogP contribution in [0.2, 0.25) is 0 Å². The van der Waals surface area contributed by atoms with Gasteiger partial charge in [0.2, 0.25) is 5.91 Å². The summed E-state index contributed by atoms with van der Waals surface area (Å²) >= 11 is 1.29. The van der Waals surface area contributed by atoms with Gasteiger partial charge >= 0.3 is 5.97 Å². The van der Waals surface area contributed by atoms with Gasteiger partial charge in [-0.25, -0.2) is 9.78 Å². The molecule has 2 aromatic rings. The Morgan fingerprint density at radius 1 is 1.11 bits per heavy atom. The van der Waals surface area contributed by atoms with Gasteiger partial charge in [0.1, 0.15) is 22.8 Å². The summed E-state index contributed by atoms with van der Waals surface area (Å²) in [7, 11) is 0. The number of carbonyl (C=O) groups excluding carboxylic acids is 3. The third-order valence-corrected chi connectivity index (χ3v) is 7.47. The second kappa shape index (κ2) is 13.0. The molecule has 3 rings (SSSR count). The van der Waals surface area contributed by atoms with Crippen LogP contribution in [0.3, 0.4) is 0 Å². The van der Waals surface area contributed by atoms with E-state index in [1.165, 1.54) is 11.3 Å². The molecular weight excluding hydrogens is 490 g/mol. The zero-order valence-electron chi connectivity index (χ0n) is 22.1. The number of esters is 1. The molecule has 1 aromatic heterocycles. The minimum absolute atomic E-state index is 0.0371. The normalized spacial score (nSPS) is 25.7. The molecule has 37 heavy (non-hydrogen) atoms. The van der Waals surface area contributed by atoms with Crippen LogP contribution in [0.4, 0.5) is 0 Å². The first kappa shape index (κ1) is 28.5. The molecule has 200 valence electrons. The van der Waals surface area contributed by atoms with E-state index in [2.05, 4.69) is 15.6 Å². The monoisotopic (exact) mass is 527 g/mol. The average molecular weight is 528 g/mol. The van der Waals surface area contributed by atoms with Crippen LogP contribution in [0.15, 0.2) is 47.4 Å². The van der Waals surface area contributed by atoms with E-state index >= 15 is 0 Å². The zero-order valence-corrected chi connectivity index (χ0v) is 22.9. The molecule has 0 aliphatic carbocycles. The number of cyclic esters (lactones) is 1. The predicted octanol–water partition coefficient (Wildman–Crippen LogP) is 3.97. The number of amides is 2. The molecule has 1 aliphatic rings. The van der Waals surface area contributed by atoms with Crippen molar-refractivity contribution in [2.24, 2.45) is 11.8 Å². The molecule has 2 heterocycles. The number of aliphatic hydroxyl groups excluding tert-OH is 1. The first-order valence-electron chi connectivity index (χ1n) is 12.8. The van der Waals surface area contributed by atoms with Gasteiger partial charge in [0.05, 0.1) is 12.1 Å². The van der Waals surface area contributed by atoms with Crippen LogP contribution >= 0.6 is 11.3 Å². The predicted molar refractivity (Wildman–Crippen MR) is 143 cm³/mol. The van der Waals surface area contributed by atoms with Crippen LogP contribution in [-0.4, -0.2) is 46.1 Å². The Morgan fingerprint density at radius 2 is 1.81 bits per heavy atom. The number of hydrogen-bond donors (Lipinski definition) is 3. The molecule has 5 atom stereocenters. The van der Waals surface area contributed by atoms with Crippen LogP contribution in [0, 0.1) is 11.8 Å². The highest BCUT2D eigenvalue weighted by molar-refractivity contribution is 7.09. The Morgan fingerprint density at radius 3 is 2.46 bits per heavy atom. The number of thiazole rings is 1. The standard InChI is InChI=1S/C28H37N3O5S/c1-6-20(32)14-23-17(4)12-18(5)25(33)31-24(16(2)3)27-30-22(15-37-27)26(34)29-21(28(35)36-23)13-19-10-8-7-9-11-19/h7-12,15-17,20-21,23-24,32H,6,13-14H2,1-5H3,(H,29,34)(H,31,33)/b18-12+/t17-,20+,21-,23-,24+/m1/s1. The van der Waals surface area contributed by atoms with Crippen LogP contribution < -0.4 is 10.6 Å². The maximum atomic E-state index is 13.4. The van der Waals surface area contributed by atoms with Crippen molar-refractivity contribution in [1.29, 1.82) is 0 Å². The summed E-state index contributed by atoms with van der Waals surface area (Å²) in [4.78, 5) is 44.2. The van der Waals surface area contributed by atoms with E-state index in [1.54, 1.807) is 18.4 Å². The van der Waals surface area contributed by atoms with E-state index < -0.39 is 30.1 Å². The minimum atomic E-state index is -0.954. The Balaban J connectivity index is 2.03. The number of ether oxygens (including phenoxy) is 1. The second-order valence-corrected chi connectivity index (χ2v) is 10.9. The molecule has 0 radical (unpaired) electrons. The van der Waals surface area contributed by atoms with Crippen LogP contribution in [0.25, 0.3) is 0 Å². The van der Waals surface area contributed by atoms with E-state index in [4.69, 9.17) is 4.74 Å². The van der Waals surface area contributed by atoms with Crippen molar-refractivity contribution < 1.29 is 24.2 Å². The highest BCUT2D eigenvalue weighted by Crippen LogP contribution is 2.27. The lowest BCUT2D eigenvalue weighted by Crippen LogP contribution is -2.45. The lowest BCUT2D eigenvalue weighted by atomic mass is 9.95. The summed E-state index contributed by atoms with van der Waals surface area (Å²) in [6.07, 6.45) is 1.36. The first-order valence-corrected chi connectivity index (χ1v) is 13.6. The SMILES string of the molecule is CC[C@H](O)C[C@H]1OC(=O)[C@@H](Cc2ccccc2)NC(=O)c2csc(n2)[C@H](C(C)C)NC(=O)/C(C)=C/[C@H]1C. The van der Waals surface area contributed by atoms with Gasteiger partial charge in [0.15, 0.2) is 0 Å². The van der Waals surface area contributed by atoms with E-state index in [9.17, 15) is 19.5 Å². The third-order valence-electron chi connectivity index (χ3n) is 6.55. The summed E-state index contributed by atoms with van der Waals surface area (Å²) in [6.45, 7) is 9.38. The van der Waals surface area contributed by atoms with E-state index in [0.29, 0.717) is 17.0 Å². The van der Waals surface area contributed by atoms with Gasteiger partial charge in [-0.1, -0.05) is 64.1 Å². The van der Waals surface area contributed by atoms with Crippen molar-refractivity contribution in [3.63, 3.8) is 0 Å². The number of rotatable bonds is 6. The molecule has 1 aromatic carbocycles. The Bertz CT molecular complexity index is 1110. The van der Waals surface area contributed by atoms with Crippen molar-refractivity contribution in [2.75, 3.05) is 0 Å². The number of hydrogen-bond acceptors (Lipinski definition) is 7. The van der Waals surface area contributed by atoms with Gasteiger partial charge in [-0.05, 0) is 24.8 Å². The summed E-state index contributed by atoms with van der Waals surface area (Å²) in [5.74, 6) is -1.66. The number of nitrogens with one attached hydrogen (secondary N) is 2. The summed E-state index contributed by atoms with van der Waals surface area (Å²) in [5, 5.41) is 18.5. The second-order valence-electron chi connectivity index (χ2n) is 9.96. The van der Waals surface area contributed by atoms with Crippen LogP contribution in [0.5, 0.6) is 0 Å². The number of aliphatic hydroxyl groups is 1. The van der Waals surface area contributed by atoms with Crippen molar-refractivity contribution in [2.45, 2.75) is 78.2 Å². The molecule has 8 nitrogen and oxygen atoms in total. The Hall–Kier alpha value is -3.04. The molecule has 1 aliphatic heterocycles. The van der Waals surface area contributed by atoms with Gasteiger partial charge in [-0.15, -0.1) is 11.3 Å². The number of aromatic nitrogens is 1. The van der Waals surface area contributed by atoms with Crippen LogP contribution in [-0.2, 0) is 20.7 Å². The maximum Gasteiger partial charge on any atom is 0.329 e. The zero-order chi connectivity index (χ0) is 27.1. The molecule has 3 N–H and O–H groups in total. The fourth-order valence-electron chi connectivity index (χ4n) is 4.19. The summed E-state index contributed by atoms with van der Waals surface area (Å²) in [5.41, 5.74) is 1.52. The fraction of sp³-hybridized carbons (Fsp3) is 0.500. The smallest absolute Gasteiger partial charge is 0.329 e. The number of fused-ring (bicyclic) bond motifs is 2. The highest BCUT2D eigenvalue weighted by atomic mass is 32.1.